The highest BCUT2D eigenvalue weighted by Crippen LogP contribution is 2.20. The van der Waals surface area contributed by atoms with E-state index in [1.165, 1.54) is 11.3 Å². The van der Waals surface area contributed by atoms with E-state index in [0.29, 0.717) is 18.9 Å². The highest BCUT2D eigenvalue weighted by Gasteiger charge is 2.08. The van der Waals surface area contributed by atoms with Crippen LogP contribution in [0.4, 0.5) is 10.9 Å². The van der Waals surface area contributed by atoms with Gasteiger partial charge in [0.2, 0.25) is 5.91 Å². The standard InChI is InChI=1S/C15H20N4OS/c1-10(2)8-17-14(20)7-12-9-21-15(18-12)19-13-6-11(3)4-5-16-13/h4-6,9-10H,7-8H2,1-3H3,(H,17,20)(H,16,18,19). The average Bonchev–Trinajstić information content (AvgIpc) is 2.83. The monoisotopic (exact) mass is 304 g/mol. The van der Waals surface area contributed by atoms with Crippen LogP contribution in [0.25, 0.3) is 0 Å². The van der Waals surface area contributed by atoms with E-state index < -0.39 is 0 Å². The number of amides is 1. The van der Waals surface area contributed by atoms with Gasteiger partial charge in [-0.3, -0.25) is 4.79 Å². The summed E-state index contributed by atoms with van der Waals surface area (Å²) in [6.07, 6.45) is 2.07. The predicted molar refractivity (Wildman–Crippen MR) is 85.9 cm³/mol. The fraction of sp³-hybridized carbons (Fsp3) is 0.400. The number of hydrogen-bond donors (Lipinski definition) is 2. The number of hydrogen-bond acceptors (Lipinski definition) is 5. The Kier molecular flexibility index (Phi) is 5.27. The van der Waals surface area contributed by atoms with Gasteiger partial charge in [0.1, 0.15) is 5.82 Å². The predicted octanol–water partition coefficient (Wildman–Crippen LogP) is 2.90. The van der Waals surface area contributed by atoms with Crippen LogP contribution in [0.5, 0.6) is 0 Å². The van der Waals surface area contributed by atoms with Crippen molar-refractivity contribution in [3.05, 3.63) is 35.0 Å². The van der Waals surface area contributed by atoms with Gasteiger partial charge >= 0.3 is 0 Å². The van der Waals surface area contributed by atoms with Gasteiger partial charge in [-0.25, -0.2) is 9.97 Å². The molecule has 0 aromatic carbocycles. The van der Waals surface area contributed by atoms with Crippen molar-refractivity contribution in [2.45, 2.75) is 27.2 Å². The number of aryl methyl sites for hydroxylation is 1. The lowest BCUT2D eigenvalue weighted by molar-refractivity contribution is -0.120. The van der Waals surface area contributed by atoms with Crippen molar-refractivity contribution in [3.8, 4) is 0 Å². The topological polar surface area (TPSA) is 66.9 Å². The number of nitrogens with zero attached hydrogens (tertiary/aromatic N) is 2. The van der Waals surface area contributed by atoms with Gasteiger partial charge < -0.3 is 10.6 Å². The van der Waals surface area contributed by atoms with E-state index in [4.69, 9.17) is 0 Å². The Morgan fingerprint density at radius 2 is 2.24 bits per heavy atom. The molecule has 0 saturated heterocycles. The highest BCUT2D eigenvalue weighted by molar-refractivity contribution is 7.13. The van der Waals surface area contributed by atoms with E-state index in [1.807, 2.05) is 24.4 Å². The third kappa shape index (κ3) is 5.15. The second-order valence-electron chi connectivity index (χ2n) is 5.36. The summed E-state index contributed by atoms with van der Waals surface area (Å²) >= 11 is 1.47. The lowest BCUT2D eigenvalue weighted by atomic mass is 10.2. The second kappa shape index (κ2) is 7.17. The lowest BCUT2D eigenvalue weighted by Crippen LogP contribution is -2.28. The molecule has 2 rings (SSSR count). The van der Waals surface area contributed by atoms with Gasteiger partial charge in [0, 0.05) is 18.1 Å². The van der Waals surface area contributed by atoms with Gasteiger partial charge in [-0.05, 0) is 30.5 Å². The molecule has 0 aliphatic carbocycles. The fourth-order valence-corrected chi connectivity index (χ4v) is 2.42. The van der Waals surface area contributed by atoms with Gasteiger partial charge in [0.05, 0.1) is 12.1 Å². The molecule has 0 aliphatic rings. The van der Waals surface area contributed by atoms with Crippen LogP contribution in [-0.4, -0.2) is 22.4 Å². The maximum Gasteiger partial charge on any atom is 0.226 e. The molecule has 21 heavy (non-hydrogen) atoms. The van der Waals surface area contributed by atoms with E-state index in [2.05, 4.69) is 34.4 Å². The van der Waals surface area contributed by atoms with Gasteiger partial charge in [-0.2, -0.15) is 0 Å². The number of nitrogens with one attached hydrogen (secondary N) is 2. The molecule has 2 aromatic rings. The molecule has 0 unspecified atom stereocenters. The third-order valence-electron chi connectivity index (χ3n) is 2.75. The van der Waals surface area contributed by atoms with Crippen molar-refractivity contribution < 1.29 is 4.79 Å². The number of anilines is 2. The molecule has 0 aliphatic heterocycles. The van der Waals surface area contributed by atoms with E-state index in [0.717, 1.165) is 22.2 Å². The van der Waals surface area contributed by atoms with Gasteiger partial charge in [0.15, 0.2) is 5.13 Å². The van der Waals surface area contributed by atoms with Crippen LogP contribution in [0.3, 0.4) is 0 Å². The summed E-state index contributed by atoms with van der Waals surface area (Å²) < 4.78 is 0. The maximum atomic E-state index is 11.7. The zero-order valence-corrected chi connectivity index (χ0v) is 13.3. The van der Waals surface area contributed by atoms with Crippen molar-refractivity contribution in [2.75, 3.05) is 11.9 Å². The van der Waals surface area contributed by atoms with Crippen molar-refractivity contribution in [2.24, 2.45) is 5.92 Å². The fourth-order valence-electron chi connectivity index (χ4n) is 1.70. The third-order valence-corrected chi connectivity index (χ3v) is 3.56. The van der Waals surface area contributed by atoms with Gasteiger partial charge in [-0.15, -0.1) is 11.3 Å². The Morgan fingerprint density at radius 3 is 2.95 bits per heavy atom. The SMILES string of the molecule is Cc1ccnc(Nc2nc(CC(=O)NCC(C)C)cs2)c1. The van der Waals surface area contributed by atoms with Crippen molar-refractivity contribution >= 4 is 28.2 Å². The molecule has 2 aromatic heterocycles. The Labute approximate surface area is 128 Å². The summed E-state index contributed by atoms with van der Waals surface area (Å²) in [5.41, 5.74) is 1.91. The Hall–Kier alpha value is -1.95. The zero-order valence-electron chi connectivity index (χ0n) is 12.5. The Balaban J connectivity index is 1.91. The highest BCUT2D eigenvalue weighted by atomic mass is 32.1. The van der Waals surface area contributed by atoms with Crippen LogP contribution in [0, 0.1) is 12.8 Å². The first-order chi connectivity index (χ1) is 10.0. The first-order valence-corrected chi connectivity index (χ1v) is 7.81. The molecule has 2 heterocycles. The second-order valence-corrected chi connectivity index (χ2v) is 6.22. The molecule has 0 saturated carbocycles. The van der Waals surface area contributed by atoms with Crippen molar-refractivity contribution in [1.82, 2.24) is 15.3 Å². The molecule has 0 bridgehead atoms. The number of carbonyl (C=O) groups excluding carboxylic acids is 1. The average molecular weight is 304 g/mol. The van der Waals surface area contributed by atoms with Gasteiger partial charge in [-0.1, -0.05) is 13.8 Å². The molecule has 2 N–H and O–H groups in total. The normalized spacial score (nSPS) is 10.7. The van der Waals surface area contributed by atoms with Crippen LogP contribution in [-0.2, 0) is 11.2 Å². The first-order valence-electron chi connectivity index (χ1n) is 6.93. The minimum Gasteiger partial charge on any atom is -0.356 e. The summed E-state index contributed by atoms with van der Waals surface area (Å²) in [6.45, 7) is 6.85. The minimum atomic E-state index is 0.00855. The zero-order chi connectivity index (χ0) is 15.2. The number of thiazole rings is 1. The number of aromatic nitrogens is 2. The molecular weight excluding hydrogens is 284 g/mol. The molecule has 6 heteroatoms. The van der Waals surface area contributed by atoms with Crippen molar-refractivity contribution in [1.29, 1.82) is 0 Å². The molecule has 0 fully saturated rings. The summed E-state index contributed by atoms with van der Waals surface area (Å²) in [5, 5.41) is 8.69. The van der Waals surface area contributed by atoms with E-state index in [1.54, 1.807) is 6.20 Å². The van der Waals surface area contributed by atoms with E-state index in [9.17, 15) is 4.79 Å². The Morgan fingerprint density at radius 1 is 1.43 bits per heavy atom. The van der Waals surface area contributed by atoms with Crippen LogP contribution < -0.4 is 10.6 Å². The number of rotatable bonds is 6. The lowest BCUT2D eigenvalue weighted by Gasteiger charge is -2.06. The molecular formula is C15H20N4OS. The molecule has 112 valence electrons. The van der Waals surface area contributed by atoms with E-state index >= 15 is 0 Å². The summed E-state index contributed by atoms with van der Waals surface area (Å²) in [6, 6.07) is 3.90. The molecule has 1 amide bonds. The smallest absolute Gasteiger partial charge is 0.226 e. The number of pyridine rings is 1. The molecule has 0 spiro atoms. The Bertz CT molecular complexity index is 609. The maximum absolute atomic E-state index is 11.7. The summed E-state index contributed by atoms with van der Waals surface area (Å²) in [4.78, 5) is 20.4. The van der Waals surface area contributed by atoms with Crippen LogP contribution >= 0.6 is 11.3 Å². The van der Waals surface area contributed by atoms with E-state index in [-0.39, 0.29) is 5.91 Å². The van der Waals surface area contributed by atoms with Gasteiger partial charge in [0.25, 0.3) is 0 Å². The van der Waals surface area contributed by atoms with Crippen LogP contribution in [0.1, 0.15) is 25.1 Å². The summed E-state index contributed by atoms with van der Waals surface area (Å²) in [5.74, 6) is 1.23. The van der Waals surface area contributed by atoms with Crippen LogP contribution in [0.15, 0.2) is 23.7 Å². The van der Waals surface area contributed by atoms with Crippen molar-refractivity contribution in [3.63, 3.8) is 0 Å². The molecule has 5 nitrogen and oxygen atoms in total. The quantitative estimate of drug-likeness (QED) is 0.861. The molecule has 0 radical (unpaired) electrons. The minimum absolute atomic E-state index is 0.00855. The van der Waals surface area contributed by atoms with Crippen LogP contribution in [0.2, 0.25) is 0 Å². The summed E-state index contributed by atoms with van der Waals surface area (Å²) in [7, 11) is 0. The first kappa shape index (κ1) is 15.4. The number of carbonyl (C=O) groups is 1. The molecule has 0 atom stereocenters. The largest absolute Gasteiger partial charge is 0.356 e.